The number of hydrogen-bond acceptors (Lipinski definition) is 4. The molecule has 5 heteroatoms. The van der Waals surface area contributed by atoms with Gasteiger partial charge >= 0.3 is 0 Å². The van der Waals surface area contributed by atoms with Crippen LogP contribution in [0.4, 0.5) is 0 Å². The first kappa shape index (κ1) is 14.1. The van der Waals surface area contributed by atoms with Crippen molar-refractivity contribution in [3.8, 4) is 0 Å². The van der Waals surface area contributed by atoms with Gasteiger partial charge < -0.3 is 10.1 Å². The van der Waals surface area contributed by atoms with E-state index in [9.17, 15) is 0 Å². The minimum absolute atomic E-state index is 0.783. The third-order valence-corrected chi connectivity index (χ3v) is 2.62. The molecule has 98 valence electrons. The summed E-state index contributed by atoms with van der Waals surface area (Å²) < 4.78 is 6.98. The maximum Gasteiger partial charge on any atom is 0.138 e. The molecule has 17 heavy (non-hydrogen) atoms. The number of methoxy groups -OCH3 is 1. The molecule has 0 aliphatic carbocycles. The largest absolute Gasteiger partial charge is 0.383 e. The Balaban J connectivity index is 2.07. The highest BCUT2D eigenvalue weighted by atomic mass is 16.5. The fourth-order valence-electron chi connectivity index (χ4n) is 1.71. The van der Waals surface area contributed by atoms with Crippen molar-refractivity contribution in [1.82, 2.24) is 20.1 Å². The average Bonchev–Trinajstić information content (AvgIpc) is 2.76. The van der Waals surface area contributed by atoms with Crippen molar-refractivity contribution in [3.05, 3.63) is 12.2 Å². The standard InChI is InChI=1S/C12H24N4O/c1-3-9-16-12(14-11-15-16)6-4-5-7-13-8-10-17-2/h11,13H,3-10H2,1-2H3. The van der Waals surface area contributed by atoms with Gasteiger partial charge in [0.1, 0.15) is 12.2 Å². The summed E-state index contributed by atoms with van der Waals surface area (Å²) in [6.07, 6.45) is 6.10. The van der Waals surface area contributed by atoms with Crippen LogP contribution in [0.5, 0.6) is 0 Å². The molecule has 0 unspecified atom stereocenters. The Labute approximate surface area is 104 Å². The fourth-order valence-corrected chi connectivity index (χ4v) is 1.71. The van der Waals surface area contributed by atoms with Gasteiger partial charge in [-0.05, 0) is 25.8 Å². The molecule has 1 aromatic rings. The van der Waals surface area contributed by atoms with Crippen LogP contribution >= 0.6 is 0 Å². The topological polar surface area (TPSA) is 52.0 Å². The summed E-state index contributed by atoms with van der Waals surface area (Å²) in [5, 5.41) is 7.56. The summed E-state index contributed by atoms with van der Waals surface area (Å²) in [7, 11) is 1.72. The van der Waals surface area contributed by atoms with E-state index in [4.69, 9.17) is 4.74 Å². The number of rotatable bonds is 10. The molecule has 0 fully saturated rings. The van der Waals surface area contributed by atoms with Crippen LogP contribution in [0.2, 0.25) is 0 Å². The van der Waals surface area contributed by atoms with Crippen LogP contribution in [-0.4, -0.2) is 41.6 Å². The Morgan fingerprint density at radius 2 is 2.24 bits per heavy atom. The Bertz CT molecular complexity index is 288. The number of unbranched alkanes of at least 4 members (excludes halogenated alkanes) is 1. The summed E-state index contributed by atoms with van der Waals surface area (Å²) in [5.74, 6) is 1.11. The van der Waals surface area contributed by atoms with Gasteiger partial charge in [0.05, 0.1) is 6.61 Å². The number of nitrogens with zero attached hydrogens (tertiary/aromatic N) is 3. The lowest BCUT2D eigenvalue weighted by Crippen LogP contribution is -2.20. The normalized spacial score (nSPS) is 10.9. The molecular weight excluding hydrogens is 216 g/mol. The van der Waals surface area contributed by atoms with E-state index in [1.807, 2.05) is 4.68 Å². The number of aromatic nitrogens is 3. The lowest BCUT2D eigenvalue weighted by molar-refractivity contribution is 0.199. The summed E-state index contributed by atoms with van der Waals surface area (Å²) in [4.78, 5) is 4.29. The van der Waals surface area contributed by atoms with Gasteiger partial charge in [0, 0.05) is 26.6 Å². The maximum atomic E-state index is 4.97. The highest BCUT2D eigenvalue weighted by Gasteiger charge is 2.02. The molecule has 1 rings (SSSR count). The van der Waals surface area contributed by atoms with Crippen LogP contribution in [0.1, 0.15) is 32.0 Å². The lowest BCUT2D eigenvalue weighted by Gasteiger charge is -2.05. The molecule has 0 bridgehead atoms. The number of nitrogens with one attached hydrogen (secondary N) is 1. The Morgan fingerprint density at radius 3 is 3.00 bits per heavy atom. The summed E-state index contributed by atoms with van der Waals surface area (Å²) in [6.45, 7) is 5.89. The minimum Gasteiger partial charge on any atom is -0.383 e. The average molecular weight is 240 g/mol. The zero-order chi connectivity index (χ0) is 12.3. The molecule has 0 atom stereocenters. The second-order valence-corrected chi connectivity index (χ2v) is 4.10. The van der Waals surface area contributed by atoms with Crippen LogP contribution in [-0.2, 0) is 17.7 Å². The van der Waals surface area contributed by atoms with Crippen LogP contribution in [0.15, 0.2) is 6.33 Å². The first-order valence-electron chi connectivity index (χ1n) is 6.44. The summed E-state index contributed by atoms with van der Waals surface area (Å²) in [5.41, 5.74) is 0. The van der Waals surface area contributed by atoms with Gasteiger partial charge in [0.15, 0.2) is 0 Å². The molecule has 0 aliphatic heterocycles. The van der Waals surface area contributed by atoms with Gasteiger partial charge in [-0.2, -0.15) is 5.10 Å². The van der Waals surface area contributed by atoms with Crippen molar-refractivity contribution in [3.63, 3.8) is 0 Å². The maximum absolute atomic E-state index is 4.97. The number of ether oxygens (including phenoxy) is 1. The lowest BCUT2D eigenvalue weighted by atomic mass is 10.2. The van der Waals surface area contributed by atoms with Gasteiger partial charge in [0.2, 0.25) is 0 Å². The van der Waals surface area contributed by atoms with E-state index in [-0.39, 0.29) is 0 Å². The van der Waals surface area contributed by atoms with Crippen molar-refractivity contribution in [1.29, 1.82) is 0 Å². The first-order chi connectivity index (χ1) is 8.38. The Morgan fingerprint density at radius 1 is 1.35 bits per heavy atom. The molecule has 0 aromatic carbocycles. The van der Waals surface area contributed by atoms with Crippen LogP contribution in [0.3, 0.4) is 0 Å². The molecule has 1 aromatic heterocycles. The zero-order valence-electron chi connectivity index (χ0n) is 11.0. The number of hydrogen-bond donors (Lipinski definition) is 1. The molecule has 0 aliphatic rings. The van der Waals surface area contributed by atoms with E-state index < -0.39 is 0 Å². The Kier molecular flexibility index (Phi) is 7.58. The first-order valence-corrected chi connectivity index (χ1v) is 6.44. The second kappa shape index (κ2) is 9.13. The monoisotopic (exact) mass is 240 g/mol. The zero-order valence-corrected chi connectivity index (χ0v) is 11.0. The van der Waals surface area contributed by atoms with Gasteiger partial charge in [0.25, 0.3) is 0 Å². The highest BCUT2D eigenvalue weighted by Crippen LogP contribution is 2.01. The molecule has 1 heterocycles. The van der Waals surface area contributed by atoms with Crippen molar-refractivity contribution >= 4 is 0 Å². The second-order valence-electron chi connectivity index (χ2n) is 4.10. The molecule has 1 N–H and O–H groups in total. The third kappa shape index (κ3) is 5.79. The molecular formula is C12H24N4O. The summed E-state index contributed by atoms with van der Waals surface area (Å²) >= 11 is 0. The molecule has 5 nitrogen and oxygen atoms in total. The molecule has 0 amide bonds. The smallest absolute Gasteiger partial charge is 0.138 e. The molecule has 0 radical (unpaired) electrons. The van der Waals surface area contributed by atoms with E-state index in [1.165, 1.54) is 6.42 Å². The predicted molar refractivity (Wildman–Crippen MR) is 68.0 cm³/mol. The van der Waals surface area contributed by atoms with E-state index in [1.54, 1.807) is 13.4 Å². The van der Waals surface area contributed by atoms with Crippen LogP contribution < -0.4 is 5.32 Å². The van der Waals surface area contributed by atoms with Crippen molar-refractivity contribution < 1.29 is 4.74 Å². The SMILES string of the molecule is CCCn1ncnc1CCCCNCCOC. The van der Waals surface area contributed by atoms with Gasteiger partial charge in [-0.3, -0.25) is 4.68 Å². The molecule has 0 saturated carbocycles. The summed E-state index contributed by atoms with van der Waals surface area (Å²) in [6, 6.07) is 0. The van der Waals surface area contributed by atoms with Crippen LogP contribution in [0, 0.1) is 0 Å². The third-order valence-electron chi connectivity index (χ3n) is 2.62. The van der Waals surface area contributed by atoms with Crippen molar-refractivity contribution in [2.45, 2.75) is 39.2 Å². The van der Waals surface area contributed by atoms with Gasteiger partial charge in [-0.25, -0.2) is 4.98 Å². The predicted octanol–water partition coefficient (Wildman–Crippen LogP) is 1.25. The Hall–Kier alpha value is -0.940. The van der Waals surface area contributed by atoms with E-state index in [0.29, 0.717) is 0 Å². The quantitative estimate of drug-likeness (QED) is 0.625. The fraction of sp³-hybridized carbons (Fsp3) is 0.833. The van der Waals surface area contributed by atoms with Gasteiger partial charge in [-0.15, -0.1) is 0 Å². The van der Waals surface area contributed by atoms with Gasteiger partial charge in [-0.1, -0.05) is 6.92 Å². The van der Waals surface area contributed by atoms with E-state index in [2.05, 4.69) is 22.3 Å². The highest BCUT2D eigenvalue weighted by molar-refractivity contribution is 4.84. The van der Waals surface area contributed by atoms with Crippen molar-refractivity contribution in [2.24, 2.45) is 0 Å². The minimum atomic E-state index is 0.783. The van der Waals surface area contributed by atoms with E-state index in [0.717, 1.165) is 51.3 Å². The molecule has 0 saturated heterocycles. The van der Waals surface area contributed by atoms with Crippen LogP contribution in [0.25, 0.3) is 0 Å². The molecule has 0 spiro atoms. The van der Waals surface area contributed by atoms with E-state index >= 15 is 0 Å². The number of aryl methyl sites for hydroxylation is 2. The van der Waals surface area contributed by atoms with Crippen molar-refractivity contribution in [2.75, 3.05) is 26.8 Å².